The quantitative estimate of drug-likeness (QED) is 0.760. The molecule has 2 rings (SSSR count). The number of carbonyl (C=O) groups excluding carboxylic acids is 1. The van der Waals surface area contributed by atoms with Crippen LogP contribution in [-0.2, 0) is 21.4 Å². The van der Waals surface area contributed by atoms with Gasteiger partial charge in [-0.15, -0.1) is 0 Å². The molecular weight excluding hydrogens is 362 g/mol. The Morgan fingerprint density at radius 2 is 1.78 bits per heavy atom. The van der Waals surface area contributed by atoms with Crippen molar-refractivity contribution in [2.45, 2.75) is 38.3 Å². The van der Waals surface area contributed by atoms with Crippen molar-refractivity contribution in [1.29, 1.82) is 0 Å². The van der Waals surface area contributed by atoms with E-state index in [1.54, 1.807) is 12.1 Å². The minimum atomic E-state index is -3.71. The zero-order valence-electron chi connectivity index (χ0n) is 16.2. The van der Waals surface area contributed by atoms with Gasteiger partial charge in [0, 0.05) is 6.54 Å². The number of aryl methyl sites for hydroxylation is 2. The molecule has 0 spiro atoms. The number of hydrogen-bond donors (Lipinski definition) is 2. The monoisotopic (exact) mass is 389 g/mol. The summed E-state index contributed by atoms with van der Waals surface area (Å²) in [6.07, 6.45) is 0. The number of benzene rings is 2. The fourth-order valence-corrected chi connectivity index (χ4v) is 3.45. The summed E-state index contributed by atoms with van der Waals surface area (Å²) in [5.41, 5.74) is 4.44. The minimum Gasteiger partial charge on any atom is -0.348 e. The van der Waals surface area contributed by atoms with E-state index in [2.05, 4.69) is 37.4 Å². The maximum absolute atomic E-state index is 12.3. The predicted octanol–water partition coefficient (Wildman–Crippen LogP) is 2.26. The molecule has 0 heterocycles. The van der Waals surface area contributed by atoms with E-state index in [1.165, 1.54) is 28.8 Å². The van der Waals surface area contributed by atoms with Crippen molar-refractivity contribution in [2.24, 2.45) is 5.14 Å². The molecule has 0 aromatic heterocycles. The summed E-state index contributed by atoms with van der Waals surface area (Å²) in [5.74, 6) is -0.0923. The Labute approximate surface area is 161 Å². The highest BCUT2D eigenvalue weighted by Crippen LogP contribution is 2.16. The maximum Gasteiger partial charge on any atom is 0.238 e. The Hall–Kier alpha value is -2.22. The number of nitrogens with two attached hydrogens (primary N) is 1. The summed E-state index contributed by atoms with van der Waals surface area (Å²) >= 11 is 0. The van der Waals surface area contributed by atoms with Gasteiger partial charge in [0.25, 0.3) is 0 Å². The number of carbonyl (C=O) groups is 1. The van der Waals surface area contributed by atoms with E-state index in [4.69, 9.17) is 5.14 Å². The van der Waals surface area contributed by atoms with Gasteiger partial charge in [-0.05, 0) is 56.6 Å². The Balaban J connectivity index is 1.92. The van der Waals surface area contributed by atoms with Gasteiger partial charge in [-0.25, -0.2) is 13.6 Å². The molecule has 27 heavy (non-hydrogen) atoms. The van der Waals surface area contributed by atoms with Gasteiger partial charge in [0.2, 0.25) is 15.9 Å². The van der Waals surface area contributed by atoms with Crippen LogP contribution in [0.2, 0.25) is 0 Å². The second-order valence-electron chi connectivity index (χ2n) is 7.01. The zero-order valence-corrected chi connectivity index (χ0v) is 17.0. The summed E-state index contributed by atoms with van der Waals surface area (Å²) in [5, 5.41) is 8.03. The molecule has 2 aromatic rings. The van der Waals surface area contributed by atoms with Crippen LogP contribution in [-0.4, -0.2) is 32.8 Å². The number of likely N-dealkylation sites (N-methyl/N-ethyl adjacent to an activating group) is 1. The molecule has 0 bridgehead atoms. The summed E-state index contributed by atoms with van der Waals surface area (Å²) in [6.45, 7) is 6.95. The van der Waals surface area contributed by atoms with Crippen LogP contribution >= 0.6 is 0 Å². The van der Waals surface area contributed by atoms with Crippen LogP contribution in [0.5, 0.6) is 0 Å². The third-order valence-electron chi connectivity index (χ3n) is 4.44. The largest absolute Gasteiger partial charge is 0.348 e. The average molecular weight is 390 g/mol. The first-order valence-electron chi connectivity index (χ1n) is 8.73. The third kappa shape index (κ3) is 6.16. The molecule has 0 aliphatic heterocycles. The molecule has 6 nitrogen and oxygen atoms in total. The van der Waals surface area contributed by atoms with Gasteiger partial charge in [0.1, 0.15) is 0 Å². The van der Waals surface area contributed by atoms with Crippen LogP contribution in [0, 0.1) is 13.8 Å². The van der Waals surface area contributed by atoms with E-state index in [9.17, 15) is 13.2 Å². The zero-order chi connectivity index (χ0) is 20.2. The lowest BCUT2D eigenvalue weighted by atomic mass is 10.1. The van der Waals surface area contributed by atoms with Crippen LogP contribution < -0.4 is 10.5 Å². The SMILES string of the molecule is Cc1ccc(CN(C)CC(=O)N[C@H](C)c2ccc(S(N)(=O)=O)cc2)c(C)c1. The van der Waals surface area contributed by atoms with E-state index in [0.29, 0.717) is 6.54 Å². The molecule has 0 aliphatic carbocycles. The van der Waals surface area contributed by atoms with E-state index in [0.717, 1.165) is 5.56 Å². The van der Waals surface area contributed by atoms with Crippen LogP contribution in [0.1, 0.15) is 35.2 Å². The number of rotatable bonds is 7. The number of nitrogens with one attached hydrogen (secondary N) is 1. The van der Waals surface area contributed by atoms with Crippen molar-refractivity contribution in [1.82, 2.24) is 10.2 Å². The molecule has 3 N–H and O–H groups in total. The Morgan fingerprint density at radius 3 is 2.33 bits per heavy atom. The Bertz CT molecular complexity index is 909. The topological polar surface area (TPSA) is 92.5 Å². The van der Waals surface area contributed by atoms with Crippen molar-refractivity contribution in [3.8, 4) is 0 Å². The molecule has 0 radical (unpaired) electrons. The summed E-state index contributed by atoms with van der Waals surface area (Å²) < 4.78 is 22.6. The molecular formula is C20H27N3O3S. The molecule has 1 amide bonds. The first-order valence-corrected chi connectivity index (χ1v) is 10.3. The molecule has 0 saturated carbocycles. The van der Waals surface area contributed by atoms with Crippen molar-refractivity contribution >= 4 is 15.9 Å². The van der Waals surface area contributed by atoms with Crippen LogP contribution in [0.15, 0.2) is 47.4 Å². The van der Waals surface area contributed by atoms with E-state index < -0.39 is 10.0 Å². The van der Waals surface area contributed by atoms with Gasteiger partial charge >= 0.3 is 0 Å². The standard InChI is InChI=1S/C20H27N3O3S/c1-14-5-6-18(15(2)11-14)12-23(4)13-20(24)22-16(3)17-7-9-19(10-8-17)27(21,25)26/h5-11,16H,12-13H2,1-4H3,(H,22,24)(H2,21,25,26)/t16-/m1/s1. The fourth-order valence-electron chi connectivity index (χ4n) is 2.93. The molecule has 2 aromatic carbocycles. The van der Waals surface area contributed by atoms with Gasteiger partial charge < -0.3 is 5.32 Å². The number of primary sulfonamides is 1. The fraction of sp³-hybridized carbons (Fsp3) is 0.350. The highest BCUT2D eigenvalue weighted by atomic mass is 32.2. The normalized spacial score (nSPS) is 12.8. The number of amides is 1. The predicted molar refractivity (Wildman–Crippen MR) is 107 cm³/mol. The molecule has 146 valence electrons. The van der Waals surface area contributed by atoms with Gasteiger partial charge in [0.05, 0.1) is 17.5 Å². The lowest BCUT2D eigenvalue weighted by Crippen LogP contribution is -2.36. The molecule has 0 saturated heterocycles. The second kappa shape index (κ2) is 8.65. The highest BCUT2D eigenvalue weighted by molar-refractivity contribution is 7.89. The van der Waals surface area contributed by atoms with E-state index >= 15 is 0 Å². The summed E-state index contributed by atoms with van der Waals surface area (Å²) in [6, 6.07) is 12.3. The molecule has 1 atom stereocenters. The summed E-state index contributed by atoms with van der Waals surface area (Å²) in [4.78, 5) is 14.3. The minimum absolute atomic E-state index is 0.0537. The molecule has 7 heteroatoms. The lowest BCUT2D eigenvalue weighted by Gasteiger charge is -2.20. The van der Waals surface area contributed by atoms with Crippen molar-refractivity contribution < 1.29 is 13.2 Å². The number of sulfonamides is 1. The molecule has 0 aliphatic rings. The van der Waals surface area contributed by atoms with Crippen LogP contribution in [0.3, 0.4) is 0 Å². The number of nitrogens with zero attached hydrogens (tertiary/aromatic N) is 1. The first-order chi connectivity index (χ1) is 12.6. The van der Waals surface area contributed by atoms with Gasteiger partial charge in [-0.2, -0.15) is 0 Å². The average Bonchev–Trinajstić information content (AvgIpc) is 2.56. The summed E-state index contributed by atoms with van der Waals surface area (Å²) in [7, 11) is -1.81. The second-order valence-corrected chi connectivity index (χ2v) is 8.57. The van der Waals surface area contributed by atoms with E-state index in [1.807, 2.05) is 18.9 Å². The van der Waals surface area contributed by atoms with Gasteiger partial charge in [-0.3, -0.25) is 9.69 Å². The molecule has 0 fully saturated rings. The van der Waals surface area contributed by atoms with Crippen molar-refractivity contribution in [2.75, 3.05) is 13.6 Å². The van der Waals surface area contributed by atoms with Crippen molar-refractivity contribution in [3.63, 3.8) is 0 Å². The smallest absolute Gasteiger partial charge is 0.238 e. The Morgan fingerprint density at radius 1 is 1.15 bits per heavy atom. The van der Waals surface area contributed by atoms with Gasteiger partial charge in [-0.1, -0.05) is 35.9 Å². The van der Waals surface area contributed by atoms with Crippen LogP contribution in [0.25, 0.3) is 0 Å². The van der Waals surface area contributed by atoms with Crippen LogP contribution in [0.4, 0.5) is 0 Å². The van der Waals surface area contributed by atoms with Crippen molar-refractivity contribution in [3.05, 3.63) is 64.7 Å². The lowest BCUT2D eigenvalue weighted by molar-refractivity contribution is -0.122. The Kier molecular flexibility index (Phi) is 6.75. The molecule has 0 unspecified atom stereocenters. The highest BCUT2D eigenvalue weighted by Gasteiger charge is 2.14. The van der Waals surface area contributed by atoms with Gasteiger partial charge in [0.15, 0.2) is 0 Å². The van der Waals surface area contributed by atoms with E-state index in [-0.39, 0.29) is 23.4 Å². The number of hydrogen-bond acceptors (Lipinski definition) is 4. The third-order valence-corrected chi connectivity index (χ3v) is 5.37. The first kappa shape index (κ1) is 21.1. The maximum atomic E-state index is 12.3.